The van der Waals surface area contributed by atoms with Crippen LogP contribution in [0.4, 0.5) is 0 Å². The van der Waals surface area contributed by atoms with Gasteiger partial charge in [-0.2, -0.15) is 0 Å². The molecule has 1 N–H and O–H groups in total. The Bertz CT molecular complexity index is 631. The SMILES string of the molecule is CC[C@H](Oc1cccc2ccccc12)C(=O)N[C@H](C)C(C)C. The zero-order valence-electron chi connectivity index (χ0n) is 13.8. The van der Waals surface area contributed by atoms with Gasteiger partial charge < -0.3 is 10.1 Å². The maximum Gasteiger partial charge on any atom is 0.261 e. The number of nitrogens with one attached hydrogen (secondary N) is 1. The van der Waals surface area contributed by atoms with Gasteiger partial charge in [0.25, 0.3) is 5.91 Å². The molecule has 2 rings (SSSR count). The minimum atomic E-state index is -0.466. The number of hydrogen-bond donors (Lipinski definition) is 1. The highest BCUT2D eigenvalue weighted by molar-refractivity contribution is 5.89. The molecule has 0 fully saturated rings. The van der Waals surface area contributed by atoms with Crippen molar-refractivity contribution in [2.75, 3.05) is 0 Å². The molecule has 2 aromatic carbocycles. The fourth-order valence-corrected chi connectivity index (χ4v) is 2.26. The molecule has 22 heavy (non-hydrogen) atoms. The van der Waals surface area contributed by atoms with Gasteiger partial charge in [-0.25, -0.2) is 0 Å². The first kappa shape index (κ1) is 16.3. The molecular formula is C19H25NO2. The molecule has 2 aromatic rings. The van der Waals surface area contributed by atoms with Crippen molar-refractivity contribution < 1.29 is 9.53 Å². The highest BCUT2D eigenvalue weighted by Gasteiger charge is 2.21. The molecule has 0 spiro atoms. The Balaban J connectivity index is 2.17. The molecule has 0 aliphatic rings. The van der Waals surface area contributed by atoms with E-state index < -0.39 is 6.10 Å². The molecule has 0 bridgehead atoms. The van der Waals surface area contributed by atoms with E-state index in [0.29, 0.717) is 12.3 Å². The quantitative estimate of drug-likeness (QED) is 0.870. The Morgan fingerprint density at radius 2 is 1.77 bits per heavy atom. The van der Waals surface area contributed by atoms with E-state index >= 15 is 0 Å². The van der Waals surface area contributed by atoms with E-state index in [1.165, 1.54) is 0 Å². The Morgan fingerprint density at radius 1 is 1.09 bits per heavy atom. The third kappa shape index (κ3) is 3.79. The monoisotopic (exact) mass is 299 g/mol. The molecule has 2 atom stereocenters. The van der Waals surface area contributed by atoms with Crippen molar-refractivity contribution in [1.82, 2.24) is 5.32 Å². The van der Waals surface area contributed by atoms with Crippen LogP contribution in [0.25, 0.3) is 10.8 Å². The van der Waals surface area contributed by atoms with Crippen LogP contribution in [0.3, 0.4) is 0 Å². The summed E-state index contributed by atoms with van der Waals surface area (Å²) in [6.07, 6.45) is 0.173. The lowest BCUT2D eigenvalue weighted by molar-refractivity contribution is -0.129. The molecule has 3 heteroatoms. The minimum Gasteiger partial charge on any atom is -0.480 e. The fourth-order valence-electron chi connectivity index (χ4n) is 2.26. The lowest BCUT2D eigenvalue weighted by Crippen LogP contribution is -2.44. The topological polar surface area (TPSA) is 38.3 Å². The molecule has 0 aliphatic heterocycles. The van der Waals surface area contributed by atoms with Crippen LogP contribution in [-0.4, -0.2) is 18.1 Å². The zero-order chi connectivity index (χ0) is 16.1. The third-order valence-electron chi connectivity index (χ3n) is 4.05. The van der Waals surface area contributed by atoms with Gasteiger partial charge in [-0.3, -0.25) is 4.79 Å². The average molecular weight is 299 g/mol. The van der Waals surface area contributed by atoms with Gasteiger partial charge >= 0.3 is 0 Å². The number of rotatable bonds is 6. The smallest absolute Gasteiger partial charge is 0.261 e. The Hall–Kier alpha value is -2.03. The minimum absolute atomic E-state index is 0.0448. The van der Waals surface area contributed by atoms with Gasteiger partial charge in [-0.05, 0) is 30.7 Å². The summed E-state index contributed by atoms with van der Waals surface area (Å²) in [6, 6.07) is 14.1. The zero-order valence-corrected chi connectivity index (χ0v) is 13.8. The van der Waals surface area contributed by atoms with Crippen LogP contribution in [-0.2, 0) is 4.79 Å². The fraction of sp³-hybridized carbons (Fsp3) is 0.421. The molecule has 0 radical (unpaired) electrons. The van der Waals surface area contributed by atoms with Gasteiger partial charge in [0.15, 0.2) is 6.10 Å². The molecule has 118 valence electrons. The van der Waals surface area contributed by atoms with E-state index in [1.807, 2.05) is 56.3 Å². The first-order valence-corrected chi connectivity index (χ1v) is 7.97. The molecule has 3 nitrogen and oxygen atoms in total. The highest BCUT2D eigenvalue weighted by atomic mass is 16.5. The maximum absolute atomic E-state index is 12.4. The number of ether oxygens (including phenoxy) is 1. The van der Waals surface area contributed by atoms with E-state index in [1.54, 1.807) is 0 Å². The molecule has 0 saturated heterocycles. The highest BCUT2D eigenvalue weighted by Crippen LogP contribution is 2.26. The number of amides is 1. The van der Waals surface area contributed by atoms with Gasteiger partial charge in [0.1, 0.15) is 5.75 Å². The van der Waals surface area contributed by atoms with E-state index in [2.05, 4.69) is 19.2 Å². The molecule has 0 saturated carbocycles. The van der Waals surface area contributed by atoms with Crippen molar-refractivity contribution in [3.05, 3.63) is 42.5 Å². The predicted molar refractivity (Wildman–Crippen MR) is 91.1 cm³/mol. The van der Waals surface area contributed by atoms with Crippen molar-refractivity contribution in [1.29, 1.82) is 0 Å². The van der Waals surface area contributed by atoms with Crippen molar-refractivity contribution in [3.8, 4) is 5.75 Å². The van der Waals surface area contributed by atoms with Crippen molar-refractivity contribution >= 4 is 16.7 Å². The number of carbonyl (C=O) groups excluding carboxylic acids is 1. The standard InChI is InChI=1S/C19H25NO2/c1-5-17(19(21)20-14(4)13(2)3)22-18-12-8-10-15-9-6-7-11-16(15)18/h6-14,17H,5H2,1-4H3,(H,20,21)/t14-,17+/m1/s1. The van der Waals surface area contributed by atoms with Crippen molar-refractivity contribution in [2.24, 2.45) is 5.92 Å². The van der Waals surface area contributed by atoms with Gasteiger partial charge in [-0.15, -0.1) is 0 Å². The predicted octanol–water partition coefficient (Wildman–Crippen LogP) is 4.16. The Kier molecular flexibility index (Phi) is 5.42. The molecule has 0 unspecified atom stereocenters. The van der Waals surface area contributed by atoms with E-state index in [4.69, 9.17) is 4.74 Å². The molecule has 0 heterocycles. The van der Waals surface area contributed by atoms with Crippen LogP contribution in [0.15, 0.2) is 42.5 Å². The van der Waals surface area contributed by atoms with Crippen molar-refractivity contribution in [3.63, 3.8) is 0 Å². The summed E-state index contributed by atoms with van der Waals surface area (Å²) in [5, 5.41) is 5.19. The van der Waals surface area contributed by atoms with Crippen LogP contribution in [0, 0.1) is 5.92 Å². The largest absolute Gasteiger partial charge is 0.480 e. The molecular weight excluding hydrogens is 274 g/mol. The molecule has 0 aromatic heterocycles. The van der Waals surface area contributed by atoms with Crippen molar-refractivity contribution in [2.45, 2.75) is 46.3 Å². The first-order chi connectivity index (χ1) is 10.5. The number of carbonyl (C=O) groups is 1. The first-order valence-electron chi connectivity index (χ1n) is 7.97. The second-order valence-corrected chi connectivity index (χ2v) is 6.03. The number of benzene rings is 2. The van der Waals surface area contributed by atoms with Gasteiger partial charge in [-0.1, -0.05) is 57.2 Å². The van der Waals surface area contributed by atoms with Crippen LogP contribution in [0.1, 0.15) is 34.1 Å². The lowest BCUT2D eigenvalue weighted by atomic mass is 10.1. The average Bonchev–Trinajstić information content (AvgIpc) is 2.52. The maximum atomic E-state index is 12.4. The summed E-state index contributed by atoms with van der Waals surface area (Å²) in [5.74, 6) is 1.12. The van der Waals surface area contributed by atoms with Gasteiger partial charge in [0.2, 0.25) is 0 Å². The molecule has 0 aliphatic carbocycles. The molecule has 1 amide bonds. The van der Waals surface area contributed by atoms with Crippen LogP contribution >= 0.6 is 0 Å². The normalized spacial score (nSPS) is 13.9. The summed E-state index contributed by atoms with van der Waals surface area (Å²) in [6.45, 7) is 8.18. The second-order valence-electron chi connectivity index (χ2n) is 6.03. The van der Waals surface area contributed by atoms with E-state index in [-0.39, 0.29) is 11.9 Å². The van der Waals surface area contributed by atoms with Crippen LogP contribution < -0.4 is 10.1 Å². The van der Waals surface area contributed by atoms with Crippen LogP contribution in [0.2, 0.25) is 0 Å². The summed E-state index contributed by atoms with van der Waals surface area (Å²) in [4.78, 5) is 12.4. The summed E-state index contributed by atoms with van der Waals surface area (Å²) < 4.78 is 6.01. The lowest BCUT2D eigenvalue weighted by Gasteiger charge is -2.23. The summed E-state index contributed by atoms with van der Waals surface area (Å²) >= 11 is 0. The third-order valence-corrected chi connectivity index (χ3v) is 4.05. The van der Waals surface area contributed by atoms with E-state index in [0.717, 1.165) is 16.5 Å². The van der Waals surface area contributed by atoms with E-state index in [9.17, 15) is 4.79 Å². The second kappa shape index (κ2) is 7.30. The Morgan fingerprint density at radius 3 is 2.45 bits per heavy atom. The number of fused-ring (bicyclic) bond motifs is 1. The van der Waals surface area contributed by atoms with Gasteiger partial charge in [0.05, 0.1) is 0 Å². The Labute approximate surface area is 132 Å². The summed E-state index contributed by atoms with van der Waals surface area (Å²) in [5.41, 5.74) is 0. The summed E-state index contributed by atoms with van der Waals surface area (Å²) in [7, 11) is 0. The van der Waals surface area contributed by atoms with Gasteiger partial charge in [0, 0.05) is 11.4 Å². The van der Waals surface area contributed by atoms with Crippen LogP contribution in [0.5, 0.6) is 5.75 Å². The number of hydrogen-bond acceptors (Lipinski definition) is 2.